The smallest absolute Gasteiger partial charge is 0.224 e. The van der Waals surface area contributed by atoms with Gasteiger partial charge in [0.25, 0.3) is 0 Å². The molecule has 14 heavy (non-hydrogen) atoms. The van der Waals surface area contributed by atoms with Crippen LogP contribution in [0.5, 0.6) is 0 Å². The summed E-state index contributed by atoms with van der Waals surface area (Å²) < 4.78 is 23.6. The second-order valence-corrected chi connectivity index (χ2v) is 7.94. The largest absolute Gasteiger partial charge is 0.247 e. The number of aryl methyl sites for hydroxylation is 1. The van der Waals surface area contributed by atoms with Gasteiger partial charge in [-0.1, -0.05) is 6.92 Å². The number of nitrogens with two attached hydrogens (primary N) is 1. The maximum atomic E-state index is 11.1. The predicted molar refractivity (Wildman–Crippen MR) is 59.3 cm³/mol. The van der Waals surface area contributed by atoms with Crippen LogP contribution in [0.25, 0.3) is 0 Å². The van der Waals surface area contributed by atoms with E-state index in [0.29, 0.717) is 9.46 Å². The molecule has 0 aromatic carbocycles. The Hall–Kier alpha value is -0.0400. The van der Waals surface area contributed by atoms with E-state index in [-0.39, 0.29) is 0 Å². The number of hydrogen-bond donors (Lipinski definition) is 1. The van der Waals surface area contributed by atoms with Gasteiger partial charge in [-0.2, -0.15) is 0 Å². The van der Waals surface area contributed by atoms with Gasteiger partial charge in [0.2, 0.25) is 10.0 Å². The first-order valence-corrected chi connectivity index (χ1v) is 7.53. The molecular weight excluding hydrogens is 238 g/mol. The van der Waals surface area contributed by atoms with Crippen LogP contribution >= 0.6 is 23.1 Å². The molecule has 0 bridgehead atoms. The lowest BCUT2D eigenvalue weighted by atomic mass is 10.1. The van der Waals surface area contributed by atoms with Crippen molar-refractivity contribution >= 4 is 33.1 Å². The second kappa shape index (κ2) is 3.52. The van der Waals surface area contributed by atoms with Crippen LogP contribution < -0.4 is 5.14 Å². The van der Waals surface area contributed by atoms with Gasteiger partial charge in [0, 0.05) is 5.25 Å². The highest BCUT2D eigenvalue weighted by molar-refractivity contribution is 8.02. The number of thiophene rings is 1. The number of rotatable bonds is 1. The zero-order valence-corrected chi connectivity index (χ0v) is 10.1. The molecule has 1 unspecified atom stereocenters. The molecule has 1 atom stereocenters. The number of fused-ring (bicyclic) bond motifs is 1. The fourth-order valence-corrected chi connectivity index (χ4v) is 5.13. The monoisotopic (exact) mass is 249 g/mol. The topological polar surface area (TPSA) is 60.2 Å². The summed E-state index contributed by atoms with van der Waals surface area (Å²) in [5.41, 5.74) is 1.14. The number of sulfonamides is 1. The van der Waals surface area contributed by atoms with Crippen LogP contribution in [0.15, 0.2) is 14.5 Å². The van der Waals surface area contributed by atoms with E-state index in [1.165, 1.54) is 11.3 Å². The summed E-state index contributed by atoms with van der Waals surface area (Å²) >= 11 is 3.04. The molecule has 0 spiro atoms. The molecule has 3 nitrogen and oxygen atoms in total. The molecule has 0 aliphatic carbocycles. The standard InChI is InChI=1S/C8H11NO2S3/c1-5-2-3-6-4-7(14(9,10)11)13-8(6)12-5/h4-5H,2-3H2,1H3,(H2,9,10,11). The van der Waals surface area contributed by atoms with Crippen LogP contribution in [0.4, 0.5) is 0 Å². The third-order valence-corrected chi connectivity index (χ3v) is 6.20. The maximum Gasteiger partial charge on any atom is 0.247 e. The fraction of sp³-hybridized carbons (Fsp3) is 0.500. The minimum atomic E-state index is -3.51. The van der Waals surface area contributed by atoms with Crippen molar-refractivity contribution in [3.8, 4) is 0 Å². The van der Waals surface area contributed by atoms with Crippen LogP contribution in [0.2, 0.25) is 0 Å². The summed E-state index contributed by atoms with van der Waals surface area (Å²) in [6.45, 7) is 2.16. The van der Waals surface area contributed by atoms with E-state index in [4.69, 9.17) is 5.14 Å². The van der Waals surface area contributed by atoms with Crippen molar-refractivity contribution < 1.29 is 8.42 Å². The Morgan fingerprint density at radius 2 is 2.29 bits per heavy atom. The van der Waals surface area contributed by atoms with E-state index >= 15 is 0 Å². The third-order valence-electron chi connectivity index (χ3n) is 2.16. The van der Waals surface area contributed by atoms with Crippen LogP contribution in [-0.2, 0) is 16.4 Å². The number of thioether (sulfide) groups is 1. The van der Waals surface area contributed by atoms with Crippen molar-refractivity contribution in [1.29, 1.82) is 0 Å². The van der Waals surface area contributed by atoms with Crippen LogP contribution in [-0.4, -0.2) is 13.7 Å². The minimum Gasteiger partial charge on any atom is -0.224 e. The Morgan fingerprint density at radius 3 is 2.93 bits per heavy atom. The van der Waals surface area contributed by atoms with Crippen molar-refractivity contribution in [2.24, 2.45) is 5.14 Å². The van der Waals surface area contributed by atoms with Gasteiger partial charge in [0.05, 0.1) is 4.21 Å². The van der Waals surface area contributed by atoms with Crippen molar-refractivity contribution in [1.82, 2.24) is 0 Å². The molecule has 1 aromatic heterocycles. The Balaban J connectivity index is 2.42. The van der Waals surface area contributed by atoms with Gasteiger partial charge in [-0.25, -0.2) is 13.6 Å². The number of hydrogen-bond acceptors (Lipinski definition) is 4. The normalized spacial score (nSPS) is 22.0. The summed E-state index contributed by atoms with van der Waals surface area (Å²) in [5.74, 6) is 0. The third kappa shape index (κ3) is 1.98. The van der Waals surface area contributed by atoms with Gasteiger partial charge in [-0.15, -0.1) is 23.1 Å². The first-order chi connectivity index (χ1) is 6.47. The van der Waals surface area contributed by atoms with E-state index in [2.05, 4.69) is 6.92 Å². The quantitative estimate of drug-likeness (QED) is 0.826. The van der Waals surface area contributed by atoms with E-state index < -0.39 is 10.0 Å². The van der Waals surface area contributed by atoms with Gasteiger partial charge in [-0.3, -0.25) is 0 Å². The zero-order valence-electron chi connectivity index (χ0n) is 7.69. The van der Waals surface area contributed by atoms with Crippen molar-refractivity contribution in [3.05, 3.63) is 11.6 Å². The Labute approximate surface area is 91.7 Å². The fourth-order valence-electron chi connectivity index (χ4n) is 1.40. The molecule has 0 saturated heterocycles. The lowest BCUT2D eigenvalue weighted by molar-refractivity contribution is 0.599. The molecule has 0 radical (unpaired) electrons. The summed E-state index contributed by atoms with van der Waals surface area (Å²) in [4.78, 5) is 0. The molecule has 0 saturated carbocycles. The molecule has 2 N–H and O–H groups in total. The van der Waals surface area contributed by atoms with Crippen molar-refractivity contribution in [2.75, 3.05) is 0 Å². The molecule has 1 aromatic rings. The molecule has 2 heterocycles. The SMILES string of the molecule is CC1CCc2cc(S(N)(=O)=O)sc2S1. The predicted octanol–water partition coefficient (Wildman–Crippen LogP) is 1.82. The highest BCUT2D eigenvalue weighted by Crippen LogP contribution is 2.41. The Morgan fingerprint density at radius 1 is 1.57 bits per heavy atom. The Bertz CT molecular complexity index is 449. The van der Waals surface area contributed by atoms with Crippen LogP contribution in [0, 0.1) is 0 Å². The molecular formula is C8H11NO2S3. The summed E-state index contributed by atoms with van der Waals surface area (Å²) in [6, 6.07) is 1.72. The zero-order chi connectivity index (χ0) is 10.3. The molecule has 0 fully saturated rings. The summed E-state index contributed by atoms with van der Waals surface area (Å²) in [7, 11) is -3.51. The first-order valence-electron chi connectivity index (χ1n) is 4.29. The molecule has 1 aliphatic rings. The summed E-state index contributed by atoms with van der Waals surface area (Å²) in [6.07, 6.45) is 2.08. The van der Waals surface area contributed by atoms with Gasteiger partial charge in [0.15, 0.2) is 0 Å². The van der Waals surface area contributed by atoms with Gasteiger partial charge in [-0.05, 0) is 24.5 Å². The minimum absolute atomic E-state index is 0.295. The number of primary sulfonamides is 1. The Kier molecular flexibility index (Phi) is 2.63. The molecule has 1 aliphatic heterocycles. The second-order valence-electron chi connectivity index (χ2n) is 3.39. The van der Waals surface area contributed by atoms with E-state index in [1.54, 1.807) is 17.8 Å². The van der Waals surface area contributed by atoms with E-state index in [0.717, 1.165) is 22.6 Å². The maximum absolute atomic E-state index is 11.1. The lowest BCUT2D eigenvalue weighted by Crippen LogP contribution is -2.10. The highest BCUT2D eigenvalue weighted by atomic mass is 32.3. The van der Waals surface area contributed by atoms with Gasteiger partial charge >= 0.3 is 0 Å². The van der Waals surface area contributed by atoms with Crippen molar-refractivity contribution in [3.63, 3.8) is 0 Å². The van der Waals surface area contributed by atoms with Gasteiger partial charge < -0.3 is 0 Å². The lowest BCUT2D eigenvalue weighted by Gasteiger charge is -2.16. The first kappa shape index (κ1) is 10.5. The average molecular weight is 249 g/mol. The van der Waals surface area contributed by atoms with E-state index in [1.807, 2.05) is 0 Å². The molecule has 6 heteroatoms. The highest BCUT2D eigenvalue weighted by Gasteiger charge is 2.22. The van der Waals surface area contributed by atoms with Crippen LogP contribution in [0.1, 0.15) is 18.9 Å². The summed E-state index contributed by atoms with van der Waals surface area (Å²) in [5, 5.41) is 5.66. The van der Waals surface area contributed by atoms with E-state index in [9.17, 15) is 8.42 Å². The average Bonchev–Trinajstić information content (AvgIpc) is 2.45. The van der Waals surface area contributed by atoms with Crippen molar-refractivity contribution in [2.45, 2.75) is 33.4 Å². The molecule has 0 amide bonds. The van der Waals surface area contributed by atoms with Gasteiger partial charge in [0.1, 0.15) is 4.21 Å². The molecule has 2 rings (SSSR count). The molecule has 78 valence electrons. The van der Waals surface area contributed by atoms with Crippen LogP contribution in [0.3, 0.4) is 0 Å².